The first-order chi connectivity index (χ1) is 14.1. The first-order valence-corrected chi connectivity index (χ1v) is 9.53. The van der Waals surface area contributed by atoms with E-state index < -0.39 is 11.6 Å². The summed E-state index contributed by atoms with van der Waals surface area (Å²) in [6.07, 6.45) is 0. The molecule has 3 aromatic rings. The van der Waals surface area contributed by atoms with Gasteiger partial charge in [0.25, 0.3) is 5.91 Å². The third-order valence-corrected chi connectivity index (χ3v) is 5.61. The van der Waals surface area contributed by atoms with Crippen molar-refractivity contribution in [2.24, 2.45) is 0 Å². The molecule has 0 aromatic heterocycles. The summed E-state index contributed by atoms with van der Waals surface area (Å²) in [7, 11) is 0. The van der Waals surface area contributed by atoms with Crippen molar-refractivity contribution < 1.29 is 14.4 Å². The van der Waals surface area contributed by atoms with E-state index in [2.05, 4.69) is 0 Å². The molecule has 5 heteroatoms. The molecule has 0 atom stereocenters. The highest BCUT2D eigenvalue weighted by molar-refractivity contribution is 6.51. The van der Waals surface area contributed by atoms with Crippen LogP contribution in [0.25, 0.3) is 5.57 Å². The van der Waals surface area contributed by atoms with E-state index in [1.165, 1.54) is 0 Å². The van der Waals surface area contributed by atoms with Gasteiger partial charge in [0.2, 0.25) is 0 Å². The standard InChI is InChI=1S/C24H14ClNO3/c25-17-11-6-12-18-19(17)20(24(29)26(18)13-14-7-2-1-3-8-14)21-22(27)15-9-4-5-10-16(15)23(21)28/h1-12H,13H2. The van der Waals surface area contributed by atoms with E-state index in [0.29, 0.717) is 33.9 Å². The fraction of sp³-hybridized carbons (Fsp3) is 0.0417. The van der Waals surface area contributed by atoms with Gasteiger partial charge in [-0.15, -0.1) is 0 Å². The average molecular weight is 400 g/mol. The predicted molar refractivity (Wildman–Crippen MR) is 111 cm³/mol. The van der Waals surface area contributed by atoms with Gasteiger partial charge in [-0.2, -0.15) is 0 Å². The van der Waals surface area contributed by atoms with E-state index in [1.807, 2.05) is 30.3 Å². The Morgan fingerprint density at radius 3 is 1.97 bits per heavy atom. The summed E-state index contributed by atoms with van der Waals surface area (Å²) < 4.78 is 0. The number of ketones is 2. The van der Waals surface area contributed by atoms with E-state index in [9.17, 15) is 14.4 Å². The molecule has 2 aliphatic rings. The number of carbonyl (C=O) groups excluding carboxylic acids is 3. The smallest absolute Gasteiger partial charge is 0.260 e. The van der Waals surface area contributed by atoms with Gasteiger partial charge in [0, 0.05) is 16.7 Å². The average Bonchev–Trinajstić information content (AvgIpc) is 3.15. The third kappa shape index (κ3) is 2.57. The van der Waals surface area contributed by atoms with Gasteiger partial charge in [-0.25, -0.2) is 0 Å². The monoisotopic (exact) mass is 399 g/mol. The molecular formula is C24H14ClNO3. The molecule has 1 amide bonds. The van der Waals surface area contributed by atoms with Crippen molar-refractivity contribution in [3.63, 3.8) is 0 Å². The first-order valence-electron chi connectivity index (χ1n) is 9.15. The predicted octanol–water partition coefficient (Wildman–Crippen LogP) is 4.72. The molecule has 0 radical (unpaired) electrons. The highest BCUT2D eigenvalue weighted by Crippen LogP contribution is 2.45. The number of carbonyl (C=O) groups is 3. The number of hydrogen-bond acceptors (Lipinski definition) is 3. The molecule has 1 aliphatic heterocycles. The van der Waals surface area contributed by atoms with Crippen LogP contribution in [0.1, 0.15) is 31.8 Å². The highest BCUT2D eigenvalue weighted by Gasteiger charge is 2.43. The number of benzene rings is 3. The maximum atomic E-state index is 13.5. The highest BCUT2D eigenvalue weighted by atomic mass is 35.5. The molecule has 29 heavy (non-hydrogen) atoms. The fourth-order valence-corrected chi connectivity index (χ4v) is 4.23. The zero-order chi connectivity index (χ0) is 20.1. The number of nitrogens with zero attached hydrogens (tertiary/aromatic N) is 1. The second kappa shape index (κ2) is 6.54. The van der Waals surface area contributed by atoms with Crippen LogP contribution in [0.3, 0.4) is 0 Å². The summed E-state index contributed by atoms with van der Waals surface area (Å²) in [4.78, 5) is 41.1. The van der Waals surface area contributed by atoms with Crippen molar-refractivity contribution in [2.45, 2.75) is 6.54 Å². The second-order valence-corrected chi connectivity index (χ2v) is 7.37. The Balaban J connectivity index is 1.72. The minimum Gasteiger partial charge on any atom is -0.303 e. The summed E-state index contributed by atoms with van der Waals surface area (Å²) in [5.41, 5.74) is 2.62. The lowest BCUT2D eigenvalue weighted by molar-refractivity contribution is -0.113. The zero-order valence-corrected chi connectivity index (χ0v) is 15.9. The lowest BCUT2D eigenvalue weighted by Crippen LogP contribution is -2.26. The van der Waals surface area contributed by atoms with E-state index in [-0.39, 0.29) is 17.1 Å². The van der Waals surface area contributed by atoms with Crippen molar-refractivity contribution in [1.82, 2.24) is 0 Å². The van der Waals surface area contributed by atoms with Crippen LogP contribution in [0.5, 0.6) is 0 Å². The number of allylic oxidation sites excluding steroid dienone is 1. The number of Topliss-reactive ketones (excluding diaryl/α,β-unsaturated/α-hetero) is 2. The van der Waals surface area contributed by atoms with Crippen LogP contribution in [-0.4, -0.2) is 17.5 Å². The van der Waals surface area contributed by atoms with Crippen molar-refractivity contribution in [3.05, 3.63) is 106 Å². The molecule has 4 nitrogen and oxygen atoms in total. The largest absolute Gasteiger partial charge is 0.303 e. The van der Waals surface area contributed by atoms with Crippen molar-refractivity contribution in [1.29, 1.82) is 0 Å². The van der Waals surface area contributed by atoms with E-state index in [0.717, 1.165) is 5.56 Å². The quantitative estimate of drug-likeness (QED) is 0.463. The molecule has 140 valence electrons. The maximum absolute atomic E-state index is 13.5. The summed E-state index contributed by atoms with van der Waals surface area (Å²) in [5.74, 6) is -1.25. The first kappa shape index (κ1) is 17.6. The Hall–Kier alpha value is -3.50. The molecular weight excluding hydrogens is 386 g/mol. The minimum absolute atomic E-state index is 0.0905. The lowest BCUT2D eigenvalue weighted by atomic mass is 9.97. The van der Waals surface area contributed by atoms with Crippen LogP contribution in [0, 0.1) is 0 Å². The van der Waals surface area contributed by atoms with Gasteiger partial charge in [-0.05, 0) is 17.7 Å². The van der Waals surface area contributed by atoms with Crippen molar-refractivity contribution in [3.8, 4) is 0 Å². The molecule has 0 saturated carbocycles. The molecule has 0 bridgehead atoms. The minimum atomic E-state index is -0.429. The van der Waals surface area contributed by atoms with E-state index in [4.69, 9.17) is 11.6 Å². The molecule has 0 N–H and O–H groups in total. The van der Waals surface area contributed by atoms with Gasteiger partial charge in [0.05, 0.1) is 28.4 Å². The number of halogens is 1. The second-order valence-electron chi connectivity index (χ2n) is 6.96. The van der Waals surface area contributed by atoms with Gasteiger partial charge >= 0.3 is 0 Å². The Bertz CT molecular complexity index is 1210. The fourth-order valence-electron chi connectivity index (χ4n) is 3.97. The van der Waals surface area contributed by atoms with Gasteiger partial charge in [0.1, 0.15) is 0 Å². The number of rotatable bonds is 2. The Kier molecular flexibility index (Phi) is 3.96. The van der Waals surface area contributed by atoms with Gasteiger partial charge in [0.15, 0.2) is 11.6 Å². The zero-order valence-electron chi connectivity index (χ0n) is 15.2. The number of hydrogen-bond donors (Lipinski definition) is 0. The van der Waals surface area contributed by atoms with E-state index in [1.54, 1.807) is 47.4 Å². The summed E-state index contributed by atoms with van der Waals surface area (Å²) in [6, 6.07) is 21.4. The molecule has 0 spiro atoms. The van der Waals surface area contributed by atoms with Crippen LogP contribution in [0.2, 0.25) is 5.02 Å². The Morgan fingerprint density at radius 2 is 1.31 bits per heavy atom. The Labute approximate surface area is 172 Å². The van der Waals surface area contributed by atoms with Crippen LogP contribution >= 0.6 is 11.6 Å². The molecule has 0 saturated heterocycles. The van der Waals surface area contributed by atoms with Crippen LogP contribution in [0.4, 0.5) is 5.69 Å². The summed E-state index contributed by atoms with van der Waals surface area (Å²) >= 11 is 6.45. The number of anilines is 1. The van der Waals surface area contributed by atoms with Crippen LogP contribution in [-0.2, 0) is 11.3 Å². The lowest BCUT2D eigenvalue weighted by Gasteiger charge is -2.17. The SMILES string of the molecule is O=C1C(=C2C(=O)N(Cc3ccccc3)c3cccc(Cl)c32)C(=O)c2ccccc21. The number of amides is 1. The molecule has 5 rings (SSSR count). The maximum Gasteiger partial charge on any atom is 0.260 e. The number of fused-ring (bicyclic) bond motifs is 2. The summed E-state index contributed by atoms with van der Waals surface area (Å²) in [5, 5.41) is 0.338. The van der Waals surface area contributed by atoms with Gasteiger partial charge < -0.3 is 4.90 Å². The van der Waals surface area contributed by atoms with Gasteiger partial charge in [-0.3, -0.25) is 14.4 Å². The molecule has 0 unspecified atom stereocenters. The van der Waals surface area contributed by atoms with Crippen molar-refractivity contribution >= 4 is 40.3 Å². The third-order valence-electron chi connectivity index (χ3n) is 5.30. The van der Waals surface area contributed by atoms with Gasteiger partial charge in [-0.1, -0.05) is 72.3 Å². The Morgan fingerprint density at radius 1 is 0.690 bits per heavy atom. The van der Waals surface area contributed by atoms with E-state index >= 15 is 0 Å². The topological polar surface area (TPSA) is 54.5 Å². The molecule has 3 aromatic carbocycles. The van der Waals surface area contributed by atoms with Crippen LogP contribution in [0.15, 0.2) is 78.4 Å². The van der Waals surface area contributed by atoms with Crippen LogP contribution < -0.4 is 4.90 Å². The molecule has 1 heterocycles. The normalized spacial score (nSPS) is 15.2. The van der Waals surface area contributed by atoms with Crippen molar-refractivity contribution in [2.75, 3.05) is 4.90 Å². The molecule has 1 aliphatic carbocycles. The molecule has 0 fully saturated rings. The summed E-state index contributed by atoms with van der Waals surface area (Å²) in [6.45, 7) is 0.319.